The Kier molecular flexibility index (Phi) is 3.86. The fourth-order valence-electron chi connectivity index (χ4n) is 2.59. The summed E-state index contributed by atoms with van der Waals surface area (Å²) in [6.07, 6.45) is 2.12. The predicted molar refractivity (Wildman–Crippen MR) is 85.6 cm³/mol. The monoisotopic (exact) mass is 318 g/mol. The van der Waals surface area contributed by atoms with Gasteiger partial charge >= 0.3 is 0 Å². The average Bonchev–Trinajstić information content (AvgIpc) is 3.15. The lowest BCUT2D eigenvalue weighted by Crippen LogP contribution is -2.17. The van der Waals surface area contributed by atoms with Crippen molar-refractivity contribution >= 4 is 0 Å². The number of hydrogen-bond acceptors (Lipinski definition) is 4. The molecule has 0 radical (unpaired) electrons. The third kappa shape index (κ3) is 3.21. The van der Waals surface area contributed by atoms with Gasteiger partial charge in [-0.15, -0.1) is 5.10 Å². The van der Waals surface area contributed by atoms with Gasteiger partial charge in [-0.3, -0.25) is 0 Å². The van der Waals surface area contributed by atoms with Gasteiger partial charge in [0.15, 0.2) is 5.82 Å². The van der Waals surface area contributed by atoms with E-state index in [0.717, 1.165) is 18.7 Å². The molecule has 1 fully saturated rings. The van der Waals surface area contributed by atoms with Crippen molar-refractivity contribution in [3.8, 4) is 11.4 Å². The van der Waals surface area contributed by atoms with E-state index in [9.17, 15) is 4.39 Å². The highest BCUT2D eigenvalue weighted by atomic mass is 19.1. The van der Waals surface area contributed by atoms with Crippen LogP contribution < -0.4 is 4.74 Å². The molecule has 0 bridgehead atoms. The zero-order valence-electron chi connectivity index (χ0n) is 14.3. The Hall–Kier alpha value is -1.98. The lowest BCUT2D eigenvalue weighted by atomic mass is 9.86. The maximum absolute atomic E-state index is 14.5. The van der Waals surface area contributed by atoms with Crippen LogP contribution >= 0.6 is 0 Å². The number of hydrogen-bond donors (Lipinski definition) is 0. The zero-order valence-corrected chi connectivity index (χ0v) is 14.3. The van der Waals surface area contributed by atoms with Gasteiger partial charge < -0.3 is 4.74 Å². The van der Waals surface area contributed by atoms with E-state index in [4.69, 9.17) is 4.74 Å². The second-order valence-electron chi connectivity index (χ2n) is 7.44. The molecule has 1 heterocycles. The summed E-state index contributed by atoms with van der Waals surface area (Å²) in [5, 5.41) is 12.1. The lowest BCUT2D eigenvalue weighted by molar-refractivity contribution is 0.240. The normalized spacial score (nSPS) is 15.3. The molecule has 5 nitrogen and oxygen atoms in total. The lowest BCUT2D eigenvalue weighted by Gasteiger charge is -2.23. The van der Waals surface area contributed by atoms with Gasteiger partial charge in [-0.1, -0.05) is 20.8 Å². The number of tetrazole rings is 1. The molecule has 0 unspecified atom stereocenters. The van der Waals surface area contributed by atoms with E-state index >= 15 is 0 Å². The van der Waals surface area contributed by atoms with Crippen LogP contribution in [0.1, 0.15) is 64.8 Å². The summed E-state index contributed by atoms with van der Waals surface area (Å²) in [5.41, 5.74) is 1.01. The van der Waals surface area contributed by atoms with E-state index in [2.05, 4.69) is 15.5 Å². The number of nitrogens with zero attached hydrogens (tertiary/aromatic N) is 4. The Labute approximate surface area is 135 Å². The van der Waals surface area contributed by atoms with Crippen LogP contribution in [0.4, 0.5) is 4.39 Å². The van der Waals surface area contributed by atoms with Crippen molar-refractivity contribution < 1.29 is 9.13 Å². The molecule has 1 aliphatic rings. The Morgan fingerprint density at radius 1 is 1.26 bits per heavy atom. The zero-order chi connectivity index (χ0) is 16.8. The van der Waals surface area contributed by atoms with Crippen molar-refractivity contribution in [2.24, 2.45) is 0 Å². The summed E-state index contributed by atoms with van der Waals surface area (Å²) >= 11 is 0. The Morgan fingerprint density at radius 3 is 2.52 bits per heavy atom. The van der Waals surface area contributed by atoms with Gasteiger partial charge in [-0.25, -0.2) is 4.39 Å². The molecule has 0 atom stereocenters. The van der Waals surface area contributed by atoms with Crippen molar-refractivity contribution in [1.29, 1.82) is 0 Å². The molecule has 124 valence electrons. The van der Waals surface area contributed by atoms with Gasteiger partial charge in [0, 0.05) is 12.0 Å². The van der Waals surface area contributed by atoms with Crippen LogP contribution in [0, 0.1) is 5.82 Å². The maximum atomic E-state index is 14.5. The first kappa shape index (κ1) is 15.9. The average molecular weight is 318 g/mol. The number of aromatic nitrogens is 4. The summed E-state index contributed by atoms with van der Waals surface area (Å²) in [6, 6.07) is 3.27. The molecule has 6 heteroatoms. The SMILES string of the molecule is CC(C)Oc1cc(F)c(C(C)(C)C)cc1-n1nnnc1C1CC1. The highest BCUT2D eigenvalue weighted by molar-refractivity contribution is 5.51. The van der Waals surface area contributed by atoms with Gasteiger partial charge in [0.1, 0.15) is 17.3 Å². The van der Waals surface area contributed by atoms with Crippen LogP contribution in [0.2, 0.25) is 0 Å². The topological polar surface area (TPSA) is 52.8 Å². The largest absolute Gasteiger partial charge is 0.489 e. The van der Waals surface area contributed by atoms with Gasteiger partial charge in [-0.2, -0.15) is 4.68 Å². The molecule has 0 spiro atoms. The summed E-state index contributed by atoms with van der Waals surface area (Å²) in [7, 11) is 0. The second kappa shape index (κ2) is 5.58. The molecule has 0 amide bonds. The van der Waals surface area contributed by atoms with Crippen LogP contribution in [0.3, 0.4) is 0 Å². The molecule has 1 saturated carbocycles. The van der Waals surface area contributed by atoms with Gasteiger partial charge in [0.2, 0.25) is 0 Å². The maximum Gasteiger partial charge on any atom is 0.159 e. The van der Waals surface area contributed by atoms with E-state index < -0.39 is 0 Å². The smallest absolute Gasteiger partial charge is 0.159 e. The minimum Gasteiger partial charge on any atom is -0.489 e. The quantitative estimate of drug-likeness (QED) is 0.861. The van der Waals surface area contributed by atoms with E-state index in [0.29, 0.717) is 22.9 Å². The van der Waals surface area contributed by atoms with Crippen molar-refractivity contribution in [2.75, 3.05) is 0 Å². The minimum atomic E-state index is -0.317. The Bertz CT molecular complexity index is 714. The van der Waals surface area contributed by atoms with E-state index in [1.807, 2.05) is 40.7 Å². The summed E-state index contributed by atoms with van der Waals surface area (Å²) < 4.78 is 22.1. The molecule has 1 aromatic carbocycles. The number of halogens is 1. The summed E-state index contributed by atoms with van der Waals surface area (Å²) in [4.78, 5) is 0. The van der Waals surface area contributed by atoms with Crippen molar-refractivity contribution in [1.82, 2.24) is 20.2 Å². The van der Waals surface area contributed by atoms with Crippen LogP contribution in [0.5, 0.6) is 5.75 Å². The second-order valence-corrected chi connectivity index (χ2v) is 7.44. The fraction of sp³-hybridized carbons (Fsp3) is 0.588. The molecule has 2 aromatic rings. The molecule has 0 N–H and O–H groups in total. The van der Waals surface area contributed by atoms with Crippen LogP contribution in [0.25, 0.3) is 5.69 Å². The van der Waals surface area contributed by atoms with Crippen LogP contribution in [-0.4, -0.2) is 26.3 Å². The minimum absolute atomic E-state index is 0.0607. The standard InChI is InChI=1S/C17H23FN4O/c1-10(2)23-15-9-13(18)12(17(3,4)5)8-14(15)22-16(11-6-7-11)19-20-21-22/h8-11H,6-7H2,1-5H3. The van der Waals surface area contributed by atoms with Crippen molar-refractivity contribution in [2.45, 2.75) is 64.9 Å². The third-order valence-corrected chi connectivity index (χ3v) is 3.88. The fourth-order valence-corrected chi connectivity index (χ4v) is 2.59. The van der Waals surface area contributed by atoms with Crippen molar-refractivity contribution in [3.05, 3.63) is 29.3 Å². The van der Waals surface area contributed by atoms with E-state index in [-0.39, 0.29) is 17.3 Å². The van der Waals surface area contributed by atoms with Crippen molar-refractivity contribution in [3.63, 3.8) is 0 Å². The first-order chi connectivity index (χ1) is 10.8. The summed E-state index contributed by atoms with van der Waals surface area (Å²) in [6.45, 7) is 9.79. The van der Waals surface area contributed by atoms with Crippen LogP contribution in [0.15, 0.2) is 12.1 Å². The van der Waals surface area contributed by atoms with Gasteiger partial charge in [0.05, 0.1) is 6.10 Å². The number of benzene rings is 1. The Morgan fingerprint density at radius 2 is 1.96 bits per heavy atom. The Balaban J connectivity index is 2.17. The molecule has 3 rings (SSSR count). The molecule has 0 saturated heterocycles. The first-order valence-electron chi connectivity index (χ1n) is 8.06. The molecular formula is C17H23FN4O. The molecular weight excluding hydrogens is 295 g/mol. The van der Waals surface area contributed by atoms with Crippen LogP contribution in [-0.2, 0) is 5.41 Å². The number of rotatable bonds is 4. The number of ether oxygens (including phenoxy) is 1. The molecule has 1 aliphatic carbocycles. The first-order valence-corrected chi connectivity index (χ1v) is 8.06. The van der Waals surface area contributed by atoms with Gasteiger partial charge in [0.25, 0.3) is 0 Å². The molecule has 23 heavy (non-hydrogen) atoms. The van der Waals surface area contributed by atoms with Gasteiger partial charge in [-0.05, 0) is 54.2 Å². The molecule has 1 aromatic heterocycles. The highest BCUT2D eigenvalue weighted by Gasteiger charge is 2.32. The predicted octanol–water partition coefficient (Wildman–Crippen LogP) is 3.76. The third-order valence-electron chi connectivity index (χ3n) is 3.88. The molecule has 0 aliphatic heterocycles. The van der Waals surface area contributed by atoms with E-state index in [1.165, 1.54) is 6.07 Å². The summed E-state index contributed by atoms with van der Waals surface area (Å²) in [5.74, 6) is 1.42. The highest BCUT2D eigenvalue weighted by Crippen LogP contribution is 2.41. The van der Waals surface area contributed by atoms with E-state index in [1.54, 1.807) is 4.68 Å².